The van der Waals surface area contributed by atoms with E-state index in [1.54, 1.807) is 60.3 Å². The number of hydrogen-bond donors (Lipinski definition) is 3. The van der Waals surface area contributed by atoms with Gasteiger partial charge in [-0.15, -0.1) is 0 Å². The highest BCUT2D eigenvalue weighted by atomic mass is 32.2. The average molecular weight is 595 g/mol. The van der Waals surface area contributed by atoms with E-state index in [2.05, 4.69) is 51.0 Å². The van der Waals surface area contributed by atoms with Gasteiger partial charge in [0, 0.05) is 17.9 Å². The summed E-state index contributed by atoms with van der Waals surface area (Å²) in [4.78, 5) is 38.2. The van der Waals surface area contributed by atoms with Gasteiger partial charge in [-0.2, -0.15) is 26.7 Å². The van der Waals surface area contributed by atoms with E-state index < -0.39 is 0 Å². The maximum atomic E-state index is 12.3. The van der Waals surface area contributed by atoms with Gasteiger partial charge in [0.25, 0.3) is 0 Å². The van der Waals surface area contributed by atoms with Crippen LogP contribution in [0.2, 0.25) is 0 Å². The van der Waals surface area contributed by atoms with E-state index in [1.165, 1.54) is 0 Å². The van der Waals surface area contributed by atoms with Crippen LogP contribution in [-0.4, -0.2) is 58.7 Å². The topological polar surface area (TPSA) is 127 Å². The molecule has 226 valence electrons. The summed E-state index contributed by atoms with van der Waals surface area (Å²) in [7, 11) is 0. The Bertz CT molecular complexity index is 1150. The third-order valence-electron chi connectivity index (χ3n) is 6.16. The minimum absolute atomic E-state index is 0.335. The van der Waals surface area contributed by atoms with Crippen molar-refractivity contribution in [3.8, 4) is 0 Å². The number of ether oxygens (including phenoxy) is 2. The van der Waals surface area contributed by atoms with Gasteiger partial charge in [-0.3, -0.25) is 0 Å². The number of hydrogen-bond acceptors (Lipinski definition) is 11. The van der Waals surface area contributed by atoms with Crippen LogP contribution < -0.4 is 16.0 Å². The summed E-state index contributed by atoms with van der Waals surface area (Å²) in [6.07, 6.45) is 8.97. The zero-order valence-corrected chi connectivity index (χ0v) is 25.6. The lowest BCUT2D eigenvalue weighted by atomic mass is 10.2. The van der Waals surface area contributed by atoms with E-state index in [1.807, 2.05) is 0 Å². The molecule has 0 aliphatic carbocycles. The standard InChI is InChI=1S/C31H42N6O4S/c1-4-6-8-20-40-27(38)23-11-15-25(16-12-23)33-30-35-29(32-19-10-22-42-3)36-31(37-30)34-26-17-13-24(14-18-26)28(39)41-21-9-7-5-2/h11-18H,4-10,19-22H2,1-3H3,(H3,32,33,34,35,36,37). The Balaban J connectivity index is 1.68. The van der Waals surface area contributed by atoms with Crippen molar-refractivity contribution in [2.24, 2.45) is 0 Å². The number of thioether (sulfide) groups is 1. The van der Waals surface area contributed by atoms with Crippen LogP contribution in [0.25, 0.3) is 0 Å². The number of carbonyl (C=O) groups is 2. The third kappa shape index (κ3) is 11.6. The Morgan fingerprint density at radius 1 is 0.667 bits per heavy atom. The van der Waals surface area contributed by atoms with Gasteiger partial charge in [-0.25, -0.2) is 9.59 Å². The molecule has 0 aliphatic heterocycles. The van der Waals surface area contributed by atoms with E-state index in [4.69, 9.17) is 9.47 Å². The molecule has 0 saturated carbocycles. The molecule has 42 heavy (non-hydrogen) atoms. The second-order valence-corrected chi connectivity index (χ2v) is 10.7. The second-order valence-electron chi connectivity index (χ2n) is 9.67. The molecule has 3 N–H and O–H groups in total. The van der Waals surface area contributed by atoms with Gasteiger partial charge < -0.3 is 25.4 Å². The quantitative estimate of drug-likeness (QED) is 0.0961. The molecule has 1 heterocycles. The van der Waals surface area contributed by atoms with Crippen molar-refractivity contribution in [1.29, 1.82) is 0 Å². The molecule has 11 heteroatoms. The zero-order chi connectivity index (χ0) is 30.0. The van der Waals surface area contributed by atoms with Gasteiger partial charge in [0.2, 0.25) is 17.8 Å². The summed E-state index contributed by atoms with van der Waals surface area (Å²) < 4.78 is 10.7. The molecule has 0 atom stereocenters. The Labute approximate surface area is 252 Å². The van der Waals surface area contributed by atoms with Crippen molar-refractivity contribution in [2.75, 3.05) is 47.7 Å². The lowest BCUT2D eigenvalue weighted by Crippen LogP contribution is -2.11. The number of esters is 2. The van der Waals surface area contributed by atoms with E-state index in [0.29, 0.717) is 60.1 Å². The Morgan fingerprint density at radius 3 is 1.55 bits per heavy atom. The van der Waals surface area contributed by atoms with Crippen LogP contribution in [0.4, 0.5) is 29.2 Å². The highest BCUT2D eigenvalue weighted by Gasteiger charge is 2.11. The monoisotopic (exact) mass is 594 g/mol. The first-order valence-corrected chi connectivity index (χ1v) is 16.0. The minimum atomic E-state index is -0.336. The van der Waals surface area contributed by atoms with Crippen molar-refractivity contribution < 1.29 is 19.1 Å². The van der Waals surface area contributed by atoms with Crippen molar-refractivity contribution in [2.45, 2.75) is 58.8 Å². The summed E-state index contributed by atoms with van der Waals surface area (Å²) >= 11 is 1.78. The van der Waals surface area contributed by atoms with Crippen molar-refractivity contribution in [1.82, 2.24) is 15.0 Å². The Hall–Kier alpha value is -3.86. The number of nitrogens with one attached hydrogen (secondary N) is 3. The van der Waals surface area contributed by atoms with Crippen LogP contribution in [0.5, 0.6) is 0 Å². The lowest BCUT2D eigenvalue weighted by molar-refractivity contribution is 0.0489. The first-order valence-electron chi connectivity index (χ1n) is 14.6. The maximum Gasteiger partial charge on any atom is 0.338 e. The van der Waals surface area contributed by atoms with Gasteiger partial charge in [0.15, 0.2) is 0 Å². The molecule has 0 radical (unpaired) electrons. The second kappa shape index (κ2) is 18.5. The highest BCUT2D eigenvalue weighted by Crippen LogP contribution is 2.20. The van der Waals surface area contributed by atoms with Crippen LogP contribution in [0.1, 0.15) is 79.5 Å². The van der Waals surface area contributed by atoms with Crippen LogP contribution in [0.3, 0.4) is 0 Å². The molecule has 0 unspecified atom stereocenters. The predicted molar refractivity (Wildman–Crippen MR) is 170 cm³/mol. The Kier molecular flexibility index (Phi) is 14.4. The number of rotatable bonds is 19. The maximum absolute atomic E-state index is 12.3. The molecular formula is C31H42N6O4S. The summed E-state index contributed by atoms with van der Waals surface area (Å²) in [5.41, 5.74) is 2.40. The normalized spacial score (nSPS) is 10.6. The molecule has 0 amide bonds. The number of benzene rings is 2. The average Bonchev–Trinajstić information content (AvgIpc) is 3.00. The number of nitrogens with zero attached hydrogens (tertiary/aromatic N) is 3. The number of anilines is 5. The third-order valence-corrected chi connectivity index (χ3v) is 6.86. The molecule has 0 aliphatic rings. The fourth-order valence-electron chi connectivity index (χ4n) is 3.82. The van der Waals surface area contributed by atoms with E-state index >= 15 is 0 Å². The number of aromatic nitrogens is 3. The minimum Gasteiger partial charge on any atom is -0.462 e. The number of unbranched alkanes of at least 4 members (excludes halogenated alkanes) is 4. The molecule has 0 fully saturated rings. The van der Waals surface area contributed by atoms with E-state index in [9.17, 15) is 9.59 Å². The van der Waals surface area contributed by atoms with Gasteiger partial charge in [-0.05, 0) is 79.8 Å². The molecule has 2 aromatic carbocycles. The highest BCUT2D eigenvalue weighted by molar-refractivity contribution is 7.98. The molecule has 3 aromatic rings. The van der Waals surface area contributed by atoms with Gasteiger partial charge in [0.05, 0.1) is 24.3 Å². The lowest BCUT2D eigenvalue weighted by Gasteiger charge is -2.12. The first kappa shape index (κ1) is 32.7. The molecule has 0 saturated heterocycles. The SMILES string of the molecule is CCCCCOC(=O)c1ccc(Nc2nc(NCCCSC)nc(Nc3ccc(C(=O)OCCCCC)cc3)n2)cc1. The van der Waals surface area contributed by atoms with Crippen LogP contribution >= 0.6 is 11.8 Å². The van der Waals surface area contributed by atoms with Gasteiger partial charge in [-0.1, -0.05) is 39.5 Å². The molecule has 3 rings (SSSR count). The summed E-state index contributed by atoms with van der Waals surface area (Å²) in [6, 6.07) is 14.0. The predicted octanol–water partition coefficient (Wildman–Crippen LogP) is 7.22. The van der Waals surface area contributed by atoms with E-state index in [0.717, 1.165) is 50.7 Å². The van der Waals surface area contributed by atoms with Gasteiger partial charge >= 0.3 is 11.9 Å². The van der Waals surface area contributed by atoms with E-state index in [-0.39, 0.29) is 11.9 Å². The largest absolute Gasteiger partial charge is 0.462 e. The van der Waals surface area contributed by atoms with Crippen LogP contribution in [0, 0.1) is 0 Å². The molecular weight excluding hydrogens is 552 g/mol. The van der Waals surface area contributed by atoms with Crippen LogP contribution in [-0.2, 0) is 9.47 Å². The first-order chi connectivity index (χ1) is 20.5. The number of carbonyl (C=O) groups excluding carboxylic acids is 2. The Morgan fingerprint density at radius 2 is 1.12 bits per heavy atom. The summed E-state index contributed by atoms with van der Waals surface area (Å²) in [6.45, 7) is 5.78. The molecule has 0 spiro atoms. The fourth-order valence-corrected chi connectivity index (χ4v) is 4.25. The fraction of sp³-hybridized carbons (Fsp3) is 0.452. The summed E-state index contributed by atoms with van der Waals surface area (Å²) in [5.74, 6) is 1.45. The zero-order valence-electron chi connectivity index (χ0n) is 24.8. The van der Waals surface area contributed by atoms with Crippen molar-refractivity contribution in [3.05, 3.63) is 59.7 Å². The van der Waals surface area contributed by atoms with Crippen molar-refractivity contribution in [3.63, 3.8) is 0 Å². The molecule has 1 aromatic heterocycles. The van der Waals surface area contributed by atoms with Gasteiger partial charge in [0.1, 0.15) is 0 Å². The van der Waals surface area contributed by atoms with Crippen LogP contribution in [0.15, 0.2) is 48.5 Å². The summed E-state index contributed by atoms with van der Waals surface area (Å²) in [5, 5.41) is 9.64. The molecule has 10 nitrogen and oxygen atoms in total. The van der Waals surface area contributed by atoms with Crippen molar-refractivity contribution >= 4 is 52.9 Å². The smallest absolute Gasteiger partial charge is 0.338 e. The molecule has 0 bridgehead atoms.